The number of nitrogens with zero attached hydrogens (tertiary/aromatic N) is 2. The normalized spacial score (nSPS) is 11.6. The van der Waals surface area contributed by atoms with Crippen molar-refractivity contribution >= 4 is 33.2 Å². The van der Waals surface area contributed by atoms with Crippen molar-refractivity contribution in [3.8, 4) is 28.2 Å². The summed E-state index contributed by atoms with van der Waals surface area (Å²) in [6.07, 6.45) is 3.25. The lowest BCUT2D eigenvalue weighted by atomic mass is 10.1. The van der Waals surface area contributed by atoms with Crippen molar-refractivity contribution in [3.05, 3.63) is 83.9 Å². The second-order valence-electron chi connectivity index (χ2n) is 6.80. The smallest absolute Gasteiger partial charge is 0.175 e. The summed E-state index contributed by atoms with van der Waals surface area (Å²) in [5.41, 5.74) is 4.54. The molecule has 1 heterocycles. The largest absolute Gasteiger partial charge is 0.232 e. The van der Waals surface area contributed by atoms with Crippen LogP contribution in [0.5, 0.6) is 0 Å². The second kappa shape index (κ2) is 8.30. The number of halogens is 1. The number of thioether (sulfide) groups is 1. The summed E-state index contributed by atoms with van der Waals surface area (Å²) in [6.45, 7) is 0. The fourth-order valence-electron chi connectivity index (χ4n) is 3.22. The fourth-order valence-corrected chi connectivity index (χ4v) is 4.59. The van der Waals surface area contributed by atoms with Crippen LogP contribution in [0.3, 0.4) is 0 Å². The SMILES string of the molecule is CSc1ccccc1-c1cc(-c2ccc(Cl)cc2)nn1-c1ccc(S(C)(=O)=O)cc1. The molecule has 0 bridgehead atoms. The Balaban J connectivity index is 1.90. The van der Waals surface area contributed by atoms with Crippen LogP contribution in [-0.4, -0.2) is 30.7 Å². The average molecular weight is 455 g/mol. The highest BCUT2D eigenvalue weighted by atomic mass is 35.5. The Labute approximate surface area is 185 Å². The summed E-state index contributed by atoms with van der Waals surface area (Å²) >= 11 is 7.71. The highest BCUT2D eigenvalue weighted by Crippen LogP contribution is 2.34. The summed E-state index contributed by atoms with van der Waals surface area (Å²) in [7, 11) is -3.26. The Hall–Kier alpha value is -2.54. The van der Waals surface area contributed by atoms with E-state index in [1.807, 2.05) is 53.4 Å². The molecular formula is C23H19ClN2O2S2. The lowest BCUT2D eigenvalue weighted by molar-refractivity contribution is 0.602. The van der Waals surface area contributed by atoms with Gasteiger partial charge in [0.1, 0.15) is 0 Å². The van der Waals surface area contributed by atoms with Crippen LogP contribution in [0.15, 0.2) is 88.7 Å². The second-order valence-corrected chi connectivity index (χ2v) is 10.1. The maximum absolute atomic E-state index is 11.8. The van der Waals surface area contributed by atoms with Crippen LogP contribution < -0.4 is 0 Å². The molecule has 4 aromatic rings. The molecule has 152 valence electrons. The van der Waals surface area contributed by atoms with Gasteiger partial charge in [-0.3, -0.25) is 0 Å². The summed E-state index contributed by atoms with van der Waals surface area (Å²) in [6, 6.07) is 24.5. The first-order valence-corrected chi connectivity index (χ1v) is 12.7. The van der Waals surface area contributed by atoms with Gasteiger partial charge >= 0.3 is 0 Å². The Morgan fingerprint density at radius 1 is 0.933 bits per heavy atom. The van der Waals surface area contributed by atoms with E-state index in [0.29, 0.717) is 5.02 Å². The minimum atomic E-state index is -3.26. The van der Waals surface area contributed by atoms with Crippen LogP contribution in [0.4, 0.5) is 0 Å². The molecule has 0 saturated carbocycles. The first-order chi connectivity index (χ1) is 14.4. The number of benzene rings is 3. The molecule has 0 saturated heterocycles. The number of hydrogen-bond donors (Lipinski definition) is 0. The molecule has 7 heteroatoms. The van der Waals surface area contributed by atoms with Crippen LogP contribution in [0.1, 0.15) is 0 Å². The van der Waals surface area contributed by atoms with Crippen molar-refractivity contribution in [1.82, 2.24) is 9.78 Å². The molecule has 0 fully saturated rings. The molecule has 1 aromatic heterocycles. The first-order valence-electron chi connectivity index (χ1n) is 9.17. The zero-order chi connectivity index (χ0) is 21.3. The minimum Gasteiger partial charge on any atom is -0.232 e. The van der Waals surface area contributed by atoms with E-state index in [2.05, 4.69) is 12.1 Å². The van der Waals surface area contributed by atoms with Gasteiger partial charge in [-0.2, -0.15) is 5.10 Å². The predicted molar refractivity (Wildman–Crippen MR) is 124 cm³/mol. The van der Waals surface area contributed by atoms with Gasteiger partial charge in [0.25, 0.3) is 0 Å². The van der Waals surface area contributed by atoms with Crippen LogP contribution in [0.25, 0.3) is 28.2 Å². The third-order valence-corrected chi connectivity index (χ3v) is 6.92. The van der Waals surface area contributed by atoms with Crippen LogP contribution in [-0.2, 0) is 9.84 Å². The van der Waals surface area contributed by atoms with Crippen LogP contribution in [0.2, 0.25) is 5.02 Å². The summed E-state index contributed by atoms with van der Waals surface area (Å²) in [5, 5.41) is 5.51. The number of sulfone groups is 1. The van der Waals surface area contributed by atoms with Gasteiger partial charge in [0.15, 0.2) is 9.84 Å². The first kappa shape index (κ1) is 20.7. The Morgan fingerprint density at radius 2 is 1.60 bits per heavy atom. The Bertz CT molecular complexity index is 1300. The van der Waals surface area contributed by atoms with E-state index in [9.17, 15) is 8.42 Å². The van der Waals surface area contributed by atoms with Crippen LogP contribution >= 0.6 is 23.4 Å². The van der Waals surface area contributed by atoms with E-state index in [1.165, 1.54) is 6.26 Å². The Kier molecular flexibility index (Phi) is 5.73. The fraction of sp³-hybridized carbons (Fsp3) is 0.0870. The third kappa shape index (κ3) is 4.17. The molecule has 0 aliphatic carbocycles. The van der Waals surface area contributed by atoms with Gasteiger partial charge in [0.2, 0.25) is 0 Å². The molecule has 4 nitrogen and oxygen atoms in total. The number of hydrogen-bond acceptors (Lipinski definition) is 4. The minimum absolute atomic E-state index is 0.280. The zero-order valence-electron chi connectivity index (χ0n) is 16.4. The van der Waals surface area contributed by atoms with Crippen molar-refractivity contribution in [2.75, 3.05) is 12.5 Å². The van der Waals surface area contributed by atoms with Gasteiger partial charge in [0, 0.05) is 27.3 Å². The maximum Gasteiger partial charge on any atom is 0.175 e. The molecule has 0 spiro atoms. The van der Waals surface area contributed by atoms with E-state index in [4.69, 9.17) is 16.7 Å². The highest BCUT2D eigenvalue weighted by Gasteiger charge is 2.16. The maximum atomic E-state index is 11.8. The molecule has 0 N–H and O–H groups in total. The molecule has 4 rings (SSSR count). The third-order valence-electron chi connectivity index (χ3n) is 4.74. The summed E-state index contributed by atoms with van der Waals surface area (Å²) in [5.74, 6) is 0. The van der Waals surface area contributed by atoms with Gasteiger partial charge in [-0.1, -0.05) is 41.9 Å². The van der Waals surface area contributed by atoms with Gasteiger partial charge < -0.3 is 0 Å². The molecule has 30 heavy (non-hydrogen) atoms. The molecule has 0 atom stereocenters. The van der Waals surface area contributed by atoms with Crippen molar-refractivity contribution in [2.45, 2.75) is 9.79 Å². The molecule has 0 aliphatic heterocycles. The number of aromatic nitrogens is 2. The monoisotopic (exact) mass is 454 g/mol. The molecular weight excluding hydrogens is 436 g/mol. The summed E-state index contributed by atoms with van der Waals surface area (Å²) < 4.78 is 25.5. The van der Waals surface area contributed by atoms with E-state index in [0.717, 1.165) is 33.1 Å². The average Bonchev–Trinajstić information content (AvgIpc) is 3.19. The van der Waals surface area contributed by atoms with Crippen molar-refractivity contribution in [1.29, 1.82) is 0 Å². The van der Waals surface area contributed by atoms with Crippen molar-refractivity contribution in [2.24, 2.45) is 0 Å². The molecule has 0 radical (unpaired) electrons. The standard InChI is InChI=1S/C23H19ClN2O2S2/c1-29-23-6-4-3-5-20(23)22-15-21(16-7-9-17(24)10-8-16)25-26(22)18-11-13-19(14-12-18)30(2,27)28/h3-15H,1-2H3. The molecule has 0 amide bonds. The van der Waals surface area contributed by atoms with Gasteiger partial charge in [-0.15, -0.1) is 11.8 Å². The molecule has 0 unspecified atom stereocenters. The van der Waals surface area contributed by atoms with E-state index in [1.54, 1.807) is 36.0 Å². The van der Waals surface area contributed by atoms with Gasteiger partial charge in [-0.05, 0) is 54.8 Å². The molecule has 3 aromatic carbocycles. The lowest BCUT2D eigenvalue weighted by Gasteiger charge is -2.11. The van der Waals surface area contributed by atoms with Gasteiger partial charge in [-0.25, -0.2) is 13.1 Å². The Morgan fingerprint density at radius 3 is 2.23 bits per heavy atom. The summed E-state index contributed by atoms with van der Waals surface area (Å²) in [4.78, 5) is 1.41. The lowest BCUT2D eigenvalue weighted by Crippen LogP contribution is -2.02. The molecule has 0 aliphatic rings. The zero-order valence-corrected chi connectivity index (χ0v) is 18.8. The van der Waals surface area contributed by atoms with Gasteiger partial charge in [0.05, 0.1) is 22.0 Å². The quantitative estimate of drug-likeness (QED) is 0.348. The van der Waals surface area contributed by atoms with E-state index >= 15 is 0 Å². The van der Waals surface area contributed by atoms with Crippen molar-refractivity contribution < 1.29 is 8.42 Å². The topological polar surface area (TPSA) is 52.0 Å². The number of rotatable bonds is 5. The highest BCUT2D eigenvalue weighted by molar-refractivity contribution is 7.98. The van der Waals surface area contributed by atoms with Crippen LogP contribution in [0, 0.1) is 0 Å². The van der Waals surface area contributed by atoms with E-state index < -0.39 is 9.84 Å². The predicted octanol–water partition coefficient (Wildman–Crippen LogP) is 5.99. The van der Waals surface area contributed by atoms with Crippen molar-refractivity contribution in [3.63, 3.8) is 0 Å². The van der Waals surface area contributed by atoms with E-state index in [-0.39, 0.29) is 4.90 Å².